The molecular weight excluding hydrogens is 222 g/mol. The minimum absolute atomic E-state index is 0.0746. The summed E-state index contributed by atoms with van der Waals surface area (Å²) >= 11 is 0. The lowest BCUT2D eigenvalue weighted by molar-refractivity contribution is -0.151. The second kappa shape index (κ2) is 7.27. The molecule has 17 heavy (non-hydrogen) atoms. The fourth-order valence-corrected chi connectivity index (χ4v) is 2.36. The third kappa shape index (κ3) is 4.00. The molecule has 5 heteroatoms. The van der Waals surface area contributed by atoms with E-state index in [1.165, 1.54) is 6.42 Å². The lowest BCUT2D eigenvalue weighted by Gasteiger charge is -2.30. The van der Waals surface area contributed by atoms with E-state index in [0.29, 0.717) is 6.41 Å². The van der Waals surface area contributed by atoms with Gasteiger partial charge >= 0.3 is 5.97 Å². The topological polar surface area (TPSA) is 75.6 Å². The third-order valence-electron chi connectivity index (χ3n) is 3.26. The first-order chi connectivity index (χ1) is 8.20. The Morgan fingerprint density at radius 2 is 2.12 bits per heavy atom. The lowest BCUT2D eigenvalue weighted by Crippen LogP contribution is -2.49. The molecule has 0 spiro atoms. The van der Waals surface area contributed by atoms with Crippen molar-refractivity contribution in [2.45, 2.75) is 51.2 Å². The van der Waals surface area contributed by atoms with Crippen LogP contribution in [0.4, 0.5) is 0 Å². The smallest absolute Gasteiger partial charge is 0.331 e. The van der Waals surface area contributed by atoms with Crippen LogP contribution in [0.2, 0.25) is 0 Å². The van der Waals surface area contributed by atoms with Gasteiger partial charge in [-0.05, 0) is 25.7 Å². The van der Waals surface area contributed by atoms with Crippen LogP contribution in [-0.2, 0) is 14.3 Å². The minimum atomic E-state index is -0.935. The van der Waals surface area contributed by atoms with Crippen LogP contribution < -0.4 is 5.32 Å². The summed E-state index contributed by atoms with van der Waals surface area (Å²) in [6, 6.07) is -0.935. The van der Waals surface area contributed by atoms with E-state index in [1.807, 2.05) is 0 Å². The quantitative estimate of drug-likeness (QED) is 0.529. The number of carbonyl (C=O) groups is 2. The molecule has 2 unspecified atom stereocenters. The van der Waals surface area contributed by atoms with Gasteiger partial charge < -0.3 is 15.2 Å². The summed E-state index contributed by atoms with van der Waals surface area (Å²) < 4.78 is 4.85. The van der Waals surface area contributed by atoms with Crippen LogP contribution in [-0.4, -0.2) is 36.2 Å². The standard InChI is InChI=1S/C12H21NO4/c1-2-17-12(16)10(13-8-14)11(15)9-6-4-3-5-7-9/h8-11,15H,2-7H2,1H3,(H,13,14). The highest BCUT2D eigenvalue weighted by atomic mass is 16.5. The highest BCUT2D eigenvalue weighted by molar-refractivity contribution is 5.79. The zero-order valence-corrected chi connectivity index (χ0v) is 10.2. The molecule has 1 saturated carbocycles. The van der Waals surface area contributed by atoms with Crippen LogP contribution in [0.15, 0.2) is 0 Å². The van der Waals surface area contributed by atoms with E-state index in [-0.39, 0.29) is 12.5 Å². The number of nitrogens with one attached hydrogen (secondary N) is 1. The Hall–Kier alpha value is -1.10. The SMILES string of the molecule is CCOC(=O)C(NC=O)C(O)C1CCCCC1. The predicted octanol–water partition coefficient (Wildman–Crippen LogP) is 0.605. The Bertz CT molecular complexity index is 251. The number of aliphatic hydroxyl groups excluding tert-OH is 1. The van der Waals surface area contributed by atoms with Gasteiger partial charge in [0.25, 0.3) is 0 Å². The summed E-state index contributed by atoms with van der Waals surface area (Å²) in [5, 5.41) is 12.5. The molecule has 0 aromatic heterocycles. The molecule has 1 aliphatic rings. The maximum atomic E-state index is 11.6. The first-order valence-corrected chi connectivity index (χ1v) is 6.25. The molecule has 2 atom stereocenters. The summed E-state index contributed by atoms with van der Waals surface area (Å²) in [6.45, 7) is 1.94. The average Bonchev–Trinajstić information content (AvgIpc) is 2.36. The zero-order chi connectivity index (χ0) is 12.7. The van der Waals surface area contributed by atoms with Crippen LogP contribution in [0.3, 0.4) is 0 Å². The van der Waals surface area contributed by atoms with E-state index in [1.54, 1.807) is 6.92 Å². The Labute approximate surface area is 102 Å². The second-order valence-electron chi connectivity index (χ2n) is 4.40. The van der Waals surface area contributed by atoms with Gasteiger partial charge in [0.15, 0.2) is 6.04 Å². The first kappa shape index (κ1) is 14.0. The summed E-state index contributed by atoms with van der Waals surface area (Å²) in [4.78, 5) is 22.1. The van der Waals surface area contributed by atoms with Gasteiger partial charge in [-0.15, -0.1) is 0 Å². The number of aliphatic hydroxyl groups is 1. The molecule has 0 bridgehead atoms. The minimum Gasteiger partial charge on any atom is -0.464 e. The zero-order valence-electron chi connectivity index (χ0n) is 10.2. The van der Waals surface area contributed by atoms with E-state index >= 15 is 0 Å². The number of hydrogen-bond donors (Lipinski definition) is 2. The van der Waals surface area contributed by atoms with Crippen molar-refractivity contribution in [3.8, 4) is 0 Å². The summed E-state index contributed by atoms with van der Waals surface area (Å²) in [5.41, 5.74) is 0. The Kier molecular flexibility index (Phi) is 5.97. The van der Waals surface area contributed by atoms with Gasteiger partial charge in [-0.1, -0.05) is 19.3 Å². The number of esters is 1. The van der Waals surface area contributed by atoms with Gasteiger partial charge in [0, 0.05) is 0 Å². The van der Waals surface area contributed by atoms with E-state index < -0.39 is 18.1 Å². The maximum Gasteiger partial charge on any atom is 0.331 e. The predicted molar refractivity (Wildman–Crippen MR) is 62.2 cm³/mol. The molecule has 1 rings (SSSR count). The largest absolute Gasteiger partial charge is 0.464 e. The molecule has 0 heterocycles. The molecule has 0 aromatic carbocycles. The molecule has 5 nitrogen and oxygen atoms in total. The third-order valence-corrected chi connectivity index (χ3v) is 3.26. The van der Waals surface area contributed by atoms with Crippen molar-refractivity contribution in [1.29, 1.82) is 0 Å². The van der Waals surface area contributed by atoms with Crippen molar-refractivity contribution in [2.24, 2.45) is 5.92 Å². The molecule has 0 radical (unpaired) electrons. The first-order valence-electron chi connectivity index (χ1n) is 6.25. The van der Waals surface area contributed by atoms with Crippen molar-refractivity contribution in [1.82, 2.24) is 5.32 Å². The van der Waals surface area contributed by atoms with Gasteiger partial charge in [0.1, 0.15) is 0 Å². The molecule has 0 aromatic rings. The van der Waals surface area contributed by atoms with Crippen LogP contribution in [0, 0.1) is 5.92 Å². The summed E-state index contributed by atoms with van der Waals surface area (Å²) in [5.74, 6) is -0.483. The Balaban J connectivity index is 2.60. The van der Waals surface area contributed by atoms with Gasteiger partial charge in [0.2, 0.25) is 6.41 Å². The Morgan fingerprint density at radius 3 is 2.65 bits per heavy atom. The monoisotopic (exact) mass is 243 g/mol. The number of hydrogen-bond acceptors (Lipinski definition) is 4. The molecule has 0 aliphatic heterocycles. The highest BCUT2D eigenvalue weighted by Gasteiger charge is 2.34. The van der Waals surface area contributed by atoms with Crippen molar-refractivity contribution in [3.63, 3.8) is 0 Å². The average molecular weight is 243 g/mol. The van der Waals surface area contributed by atoms with Gasteiger partial charge in [-0.3, -0.25) is 4.79 Å². The maximum absolute atomic E-state index is 11.6. The van der Waals surface area contributed by atoms with E-state index in [4.69, 9.17) is 4.74 Å². The highest BCUT2D eigenvalue weighted by Crippen LogP contribution is 2.27. The van der Waals surface area contributed by atoms with Crippen molar-refractivity contribution in [2.75, 3.05) is 6.61 Å². The number of ether oxygens (including phenoxy) is 1. The fourth-order valence-electron chi connectivity index (χ4n) is 2.36. The molecule has 1 fully saturated rings. The van der Waals surface area contributed by atoms with Gasteiger partial charge in [-0.25, -0.2) is 4.79 Å². The number of carbonyl (C=O) groups excluding carboxylic acids is 2. The van der Waals surface area contributed by atoms with Crippen molar-refractivity contribution < 1.29 is 19.4 Å². The number of rotatable bonds is 6. The Morgan fingerprint density at radius 1 is 1.47 bits per heavy atom. The van der Waals surface area contributed by atoms with E-state index in [2.05, 4.69) is 5.32 Å². The van der Waals surface area contributed by atoms with Gasteiger partial charge in [-0.2, -0.15) is 0 Å². The van der Waals surface area contributed by atoms with Crippen LogP contribution in [0.1, 0.15) is 39.0 Å². The van der Waals surface area contributed by atoms with Crippen molar-refractivity contribution in [3.05, 3.63) is 0 Å². The van der Waals surface area contributed by atoms with E-state index in [9.17, 15) is 14.7 Å². The van der Waals surface area contributed by atoms with Crippen LogP contribution in [0.5, 0.6) is 0 Å². The normalized spacial score (nSPS) is 20.4. The lowest BCUT2D eigenvalue weighted by atomic mass is 9.82. The fraction of sp³-hybridized carbons (Fsp3) is 0.833. The molecular formula is C12H21NO4. The molecule has 98 valence electrons. The van der Waals surface area contributed by atoms with Crippen LogP contribution in [0.25, 0.3) is 0 Å². The van der Waals surface area contributed by atoms with Crippen LogP contribution >= 0.6 is 0 Å². The molecule has 1 amide bonds. The van der Waals surface area contributed by atoms with Gasteiger partial charge in [0.05, 0.1) is 12.7 Å². The van der Waals surface area contributed by atoms with E-state index in [0.717, 1.165) is 25.7 Å². The number of amides is 1. The molecule has 1 aliphatic carbocycles. The molecule has 0 saturated heterocycles. The summed E-state index contributed by atoms with van der Waals surface area (Å²) in [7, 11) is 0. The second-order valence-corrected chi connectivity index (χ2v) is 4.40. The molecule has 2 N–H and O–H groups in total. The summed E-state index contributed by atoms with van der Waals surface area (Å²) in [6.07, 6.45) is 4.70. The van der Waals surface area contributed by atoms with Crippen molar-refractivity contribution >= 4 is 12.4 Å².